The highest BCUT2D eigenvalue weighted by atomic mass is 32.1. The van der Waals surface area contributed by atoms with E-state index in [1.165, 1.54) is 0 Å². The molecule has 0 amide bonds. The van der Waals surface area contributed by atoms with E-state index in [0.29, 0.717) is 0 Å². The number of carbonyl (C=O) groups is 1. The van der Waals surface area contributed by atoms with Crippen molar-refractivity contribution in [2.45, 2.75) is 104 Å². The molecule has 158 valence electrons. The highest BCUT2D eigenvalue weighted by Crippen LogP contribution is 2.48. The maximum atomic E-state index is 12.1. The minimum Gasteiger partial charge on any atom is -0.481 e. The third-order valence-corrected chi connectivity index (χ3v) is 5.27. The van der Waals surface area contributed by atoms with Crippen LogP contribution in [0.3, 0.4) is 0 Å². The Morgan fingerprint density at radius 1 is 0.923 bits per heavy atom. The highest BCUT2D eigenvalue weighted by Gasteiger charge is 2.28. The number of thiol groups is 1. The van der Waals surface area contributed by atoms with Gasteiger partial charge in [0.05, 0.1) is 18.0 Å². The number of phosphoric acid groups is 1. The molecule has 0 bridgehead atoms. The fourth-order valence-corrected chi connectivity index (χ4v) is 3.62. The predicted octanol–water partition coefficient (Wildman–Crippen LogP) is 5.84. The fraction of sp³-hybridized carbons (Fsp3) is 0.944. The molecule has 8 heteroatoms. The molecule has 0 aromatic carbocycles. The molecule has 2 N–H and O–H groups in total. The van der Waals surface area contributed by atoms with E-state index in [4.69, 9.17) is 14.2 Å². The number of phosphoric ester groups is 1. The summed E-state index contributed by atoms with van der Waals surface area (Å²) >= 11 is 3.42. The van der Waals surface area contributed by atoms with Gasteiger partial charge in [-0.05, 0) is 25.7 Å². The lowest BCUT2D eigenvalue weighted by atomic mass is 10.1. The van der Waals surface area contributed by atoms with Gasteiger partial charge in [-0.15, -0.1) is 0 Å². The maximum absolute atomic E-state index is 12.1. The number of rotatable bonds is 15. The second-order valence-electron chi connectivity index (χ2n) is 6.28. The molecular formula is C18H39O6PS. The van der Waals surface area contributed by atoms with Gasteiger partial charge in [0.25, 0.3) is 0 Å². The summed E-state index contributed by atoms with van der Waals surface area (Å²) in [6.07, 6.45) is 9.37. The van der Waals surface area contributed by atoms with E-state index in [2.05, 4.69) is 26.5 Å². The molecule has 0 aliphatic carbocycles. The first-order valence-electron chi connectivity index (χ1n) is 9.78. The zero-order valence-corrected chi connectivity index (χ0v) is 18.6. The van der Waals surface area contributed by atoms with E-state index in [0.717, 1.165) is 64.2 Å². The van der Waals surface area contributed by atoms with E-state index in [1.54, 1.807) is 0 Å². The fourth-order valence-electron chi connectivity index (χ4n) is 2.31. The van der Waals surface area contributed by atoms with Gasteiger partial charge in [0.2, 0.25) is 0 Å². The molecule has 0 saturated heterocycles. The van der Waals surface area contributed by atoms with Crippen molar-refractivity contribution in [3.8, 4) is 0 Å². The Kier molecular flexibility index (Phi) is 19.8. The predicted molar refractivity (Wildman–Crippen MR) is 110 cm³/mol. The van der Waals surface area contributed by atoms with E-state index < -0.39 is 13.8 Å². The van der Waals surface area contributed by atoms with Crippen molar-refractivity contribution in [2.24, 2.45) is 0 Å². The molecule has 0 aliphatic heterocycles. The number of aliphatic carboxylic acids is 1. The van der Waals surface area contributed by atoms with Crippen LogP contribution in [0.2, 0.25) is 0 Å². The highest BCUT2D eigenvalue weighted by molar-refractivity contribution is 7.81. The smallest absolute Gasteiger partial charge is 0.472 e. The van der Waals surface area contributed by atoms with Gasteiger partial charge in [0.1, 0.15) is 0 Å². The van der Waals surface area contributed by atoms with Gasteiger partial charge in [-0.25, -0.2) is 4.57 Å². The molecule has 0 heterocycles. The summed E-state index contributed by atoms with van der Waals surface area (Å²) in [5, 5.41) is 7.65. The first-order chi connectivity index (χ1) is 12.3. The second-order valence-corrected chi connectivity index (χ2v) is 7.96. The standard InChI is InChI=1S/C16H35O4P.C2H4O2S/c1-5-9-11-13-15(7-3)19-21(17,18)20-16(8-4)14-12-10-6-2;3-2(4)1-5/h15-16H,5-14H2,1-4H3,(H,17,18);5H,1H2,(H,3,4). The van der Waals surface area contributed by atoms with Gasteiger partial charge in [-0.2, -0.15) is 12.6 Å². The van der Waals surface area contributed by atoms with Crippen molar-refractivity contribution in [3.63, 3.8) is 0 Å². The molecule has 2 unspecified atom stereocenters. The van der Waals surface area contributed by atoms with Gasteiger partial charge in [-0.3, -0.25) is 13.8 Å². The van der Waals surface area contributed by atoms with Gasteiger partial charge in [0.15, 0.2) is 0 Å². The molecule has 6 nitrogen and oxygen atoms in total. The van der Waals surface area contributed by atoms with Crippen LogP contribution in [-0.4, -0.2) is 33.9 Å². The van der Waals surface area contributed by atoms with Gasteiger partial charge in [0, 0.05) is 0 Å². The van der Waals surface area contributed by atoms with Crippen LogP contribution in [0.1, 0.15) is 91.9 Å². The third kappa shape index (κ3) is 18.7. The molecule has 0 aromatic rings. The monoisotopic (exact) mass is 414 g/mol. The van der Waals surface area contributed by atoms with E-state index >= 15 is 0 Å². The summed E-state index contributed by atoms with van der Waals surface area (Å²) in [5.74, 6) is -0.965. The molecule has 0 spiro atoms. The van der Waals surface area contributed by atoms with Crippen LogP contribution in [0.5, 0.6) is 0 Å². The Balaban J connectivity index is 0. The first kappa shape index (κ1) is 28.1. The first-order valence-corrected chi connectivity index (χ1v) is 11.9. The Bertz CT molecular complexity index is 357. The summed E-state index contributed by atoms with van der Waals surface area (Å²) in [7, 11) is -3.94. The normalized spacial score (nSPS) is 15.5. The van der Waals surface area contributed by atoms with Crippen molar-refractivity contribution >= 4 is 26.4 Å². The summed E-state index contributed by atoms with van der Waals surface area (Å²) in [6.45, 7) is 8.25. The van der Waals surface area contributed by atoms with Crippen molar-refractivity contribution in [1.82, 2.24) is 0 Å². The molecule has 0 aromatic heterocycles. The second kappa shape index (κ2) is 18.3. The van der Waals surface area contributed by atoms with Gasteiger partial charge < -0.3 is 10.00 Å². The van der Waals surface area contributed by atoms with Crippen molar-refractivity contribution < 1.29 is 28.4 Å². The van der Waals surface area contributed by atoms with Gasteiger partial charge in [-0.1, -0.05) is 66.2 Å². The maximum Gasteiger partial charge on any atom is 0.472 e. The Hall–Kier alpha value is -0.0700. The van der Waals surface area contributed by atoms with Crippen LogP contribution >= 0.6 is 20.5 Å². The third-order valence-electron chi connectivity index (χ3n) is 3.87. The van der Waals surface area contributed by atoms with Crippen LogP contribution < -0.4 is 0 Å². The average molecular weight is 415 g/mol. The van der Waals surface area contributed by atoms with Crippen LogP contribution in [0.25, 0.3) is 0 Å². The number of unbranched alkanes of at least 4 members (excludes halogenated alkanes) is 4. The number of hydrogen-bond acceptors (Lipinski definition) is 5. The lowest BCUT2D eigenvalue weighted by Gasteiger charge is -2.23. The van der Waals surface area contributed by atoms with Crippen molar-refractivity contribution in [3.05, 3.63) is 0 Å². The van der Waals surface area contributed by atoms with Crippen LogP contribution in [-0.2, 0) is 18.4 Å². The number of carboxylic acid groups (broad SMARTS) is 1. The van der Waals surface area contributed by atoms with Gasteiger partial charge >= 0.3 is 13.8 Å². The van der Waals surface area contributed by atoms with E-state index in [1.807, 2.05) is 13.8 Å². The molecule has 0 aliphatic rings. The molecular weight excluding hydrogens is 375 g/mol. The zero-order valence-electron chi connectivity index (χ0n) is 16.9. The van der Waals surface area contributed by atoms with E-state index in [9.17, 15) is 14.3 Å². The van der Waals surface area contributed by atoms with E-state index in [-0.39, 0.29) is 18.0 Å². The Morgan fingerprint density at radius 2 is 1.27 bits per heavy atom. The minimum absolute atomic E-state index is 0.0833. The SMILES string of the molecule is CCCCCC(CC)OP(=O)(O)OC(CC)CCCCC.O=C(O)CS. The Labute approximate surface area is 165 Å². The Morgan fingerprint density at radius 3 is 1.50 bits per heavy atom. The zero-order chi connectivity index (χ0) is 20.4. The molecule has 0 radical (unpaired) electrons. The molecule has 0 rings (SSSR count). The topological polar surface area (TPSA) is 93.1 Å². The lowest BCUT2D eigenvalue weighted by molar-refractivity contribution is -0.133. The van der Waals surface area contributed by atoms with Crippen LogP contribution in [0, 0.1) is 0 Å². The largest absolute Gasteiger partial charge is 0.481 e. The lowest BCUT2D eigenvalue weighted by Crippen LogP contribution is -2.16. The molecule has 26 heavy (non-hydrogen) atoms. The molecule has 0 saturated carbocycles. The average Bonchev–Trinajstić information content (AvgIpc) is 2.60. The number of hydrogen-bond donors (Lipinski definition) is 3. The quantitative estimate of drug-likeness (QED) is 0.177. The van der Waals surface area contributed by atoms with Crippen molar-refractivity contribution in [1.29, 1.82) is 0 Å². The van der Waals surface area contributed by atoms with Crippen LogP contribution in [0.4, 0.5) is 0 Å². The number of carboxylic acids is 1. The summed E-state index contributed by atoms with van der Waals surface area (Å²) in [6, 6.07) is 0. The molecule has 0 fully saturated rings. The summed E-state index contributed by atoms with van der Waals surface area (Å²) in [5.41, 5.74) is 0. The van der Waals surface area contributed by atoms with Crippen LogP contribution in [0.15, 0.2) is 0 Å². The summed E-state index contributed by atoms with van der Waals surface area (Å²) in [4.78, 5) is 19.2. The summed E-state index contributed by atoms with van der Waals surface area (Å²) < 4.78 is 22.9. The minimum atomic E-state index is -3.94. The molecule has 2 atom stereocenters. The van der Waals surface area contributed by atoms with Crippen molar-refractivity contribution in [2.75, 3.05) is 5.75 Å².